The molecule has 0 heterocycles. The van der Waals surface area contributed by atoms with Gasteiger partial charge in [-0.15, -0.1) is 0 Å². The van der Waals surface area contributed by atoms with Crippen molar-refractivity contribution in [2.24, 2.45) is 0 Å². The molecule has 0 N–H and O–H groups in total. The number of anilines is 3. The summed E-state index contributed by atoms with van der Waals surface area (Å²) in [6.07, 6.45) is 2.41. The van der Waals surface area contributed by atoms with Crippen molar-refractivity contribution in [2.75, 3.05) is 4.90 Å². The maximum Gasteiger partial charge on any atom is 0.0543 e. The summed E-state index contributed by atoms with van der Waals surface area (Å²) in [5, 5.41) is 2.49. The van der Waals surface area contributed by atoms with E-state index in [1.807, 2.05) is 0 Å². The molecular weight excluding hydrogens is 567 g/mol. The molecule has 6 aromatic rings. The van der Waals surface area contributed by atoms with Crippen LogP contribution >= 0.6 is 0 Å². The largest absolute Gasteiger partial charge is 0.309 e. The van der Waals surface area contributed by atoms with Gasteiger partial charge in [-0.3, -0.25) is 0 Å². The molecule has 2 aliphatic carbocycles. The molecule has 0 radical (unpaired) electrons. The highest BCUT2D eigenvalue weighted by Crippen LogP contribution is 2.55. The molecule has 0 fully saturated rings. The van der Waals surface area contributed by atoms with Gasteiger partial charge in [0, 0.05) is 22.1 Å². The predicted molar refractivity (Wildman–Crippen MR) is 202 cm³/mol. The van der Waals surface area contributed by atoms with E-state index in [1.165, 1.54) is 85.1 Å². The third kappa shape index (κ3) is 4.58. The number of hydrogen-bond donors (Lipinski definition) is 0. The fraction of sp³-hybridized carbons (Fsp3) is 0.261. The zero-order valence-electron chi connectivity index (χ0n) is 28.9. The van der Waals surface area contributed by atoms with Crippen LogP contribution in [0.4, 0.5) is 17.1 Å². The summed E-state index contributed by atoms with van der Waals surface area (Å²) >= 11 is 0. The molecule has 6 aromatic carbocycles. The first-order chi connectivity index (χ1) is 22.5. The Hall–Kier alpha value is -4.62. The van der Waals surface area contributed by atoms with E-state index in [2.05, 4.69) is 175 Å². The van der Waals surface area contributed by atoms with Crippen LogP contribution in [0.15, 0.2) is 121 Å². The number of aryl methyl sites for hydroxylation is 1. The predicted octanol–water partition coefficient (Wildman–Crippen LogP) is 12.9. The first-order valence-electron chi connectivity index (χ1n) is 17.2. The third-order valence-electron chi connectivity index (χ3n) is 11.5. The van der Waals surface area contributed by atoms with Gasteiger partial charge in [-0.1, -0.05) is 126 Å². The van der Waals surface area contributed by atoms with E-state index in [4.69, 9.17) is 0 Å². The topological polar surface area (TPSA) is 3.24 Å². The van der Waals surface area contributed by atoms with Crippen LogP contribution in [0.2, 0.25) is 0 Å². The van der Waals surface area contributed by atoms with Crippen LogP contribution in [-0.4, -0.2) is 0 Å². The summed E-state index contributed by atoms with van der Waals surface area (Å²) in [6, 6.07) is 45.6. The Morgan fingerprint density at radius 2 is 1.11 bits per heavy atom. The third-order valence-corrected chi connectivity index (χ3v) is 11.5. The van der Waals surface area contributed by atoms with Crippen molar-refractivity contribution in [3.8, 4) is 22.3 Å². The fourth-order valence-electron chi connectivity index (χ4n) is 8.54. The summed E-state index contributed by atoms with van der Waals surface area (Å²) in [6.45, 7) is 16.8. The van der Waals surface area contributed by atoms with Gasteiger partial charge in [-0.2, -0.15) is 0 Å². The molecule has 0 amide bonds. The SMILES string of the molecule is Cc1cc2c(cc1-c1cc3c(cc1N(c1ccccc1)c1cccc4ccccc14)C(C)(C)c1ccccc1-3)C(C)(C)CCC2(C)C. The Morgan fingerprint density at radius 1 is 0.468 bits per heavy atom. The van der Waals surface area contributed by atoms with Gasteiger partial charge in [0.1, 0.15) is 0 Å². The number of nitrogens with zero attached hydrogens (tertiary/aromatic N) is 1. The minimum atomic E-state index is -0.114. The maximum absolute atomic E-state index is 2.56. The lowest BCUT2D eigenvalue weighted by atomic mass is 9.62. The molecule has 2 aliphatic rings. The summed E-state index contributed by atoms with van der Waals surface area (Å²) in [5.41, 5.74) is 16.2. The van der Waals surface area contributed by atoms with E-state index >= 15 is 0 Å². The highest BCUT2D eigenvalue weighted by atomic mass is 15.1. The van der Waals surface area contributed by atoms with Crippen LogP contribution in [0, 0.1) is 6.92 Å². The standard InChI is InChI=1S/C46H45N/c1-30-26-40-41(45(4,5)25-24-44(40,2)3)28-35(30)37-27-36-34-21-13-14-22-38(34)46(6,7)39(36)29-43(37)47(32-18-9-8-10-19-32)42-23-15-17-31-16-11-12-20-33(31)42/h8-23,26-29H,24-25H2,1-7H3. The van der Waals surface area contributed by atoms with E-state index < -0.39 is 0 Å². The van der Waals surface area contributed by atoms with Gasteiger partial charge in [0.2, 0.25) is 0 Å². The second kappa shape index (κ2) is 10.4. The van der Waals surface area contributed by atoms with E-state index in [1.54, 1.807) is 0 Å². The lowest BCUT2D eigenvalue weighted by Gasteiger charge is -2.42. The zero-order chi connectivity index (χ0) is 32.7. The van der Waals surface area contributed by atoms with E-state index in [-0.39, 0.29) is 16.2 Å². The molecular formula is C46H45N. The van der Waals surface area contributed by atoms with Crippen LogP contribution < -0.4 is 4.90 Å². The molecule has 0 unspecified atom stereocenters. The molecule has 1 heteroatoms. The lowest BCUT2D eigenvalue weighted by Crippen LogP contribution is -2.34. The van der Waals surface area contributed by atoms with Crippen LogP contribution in [0.25, 0.3) is 33.0 Å². The van der Waals surface area contributed by atoms with Gasteiger partial charge >= 0.3 is 0 Å². The van der Waals surface area contributed by atoms with Crippen molar-refractivity contribution in [2.45, 2.75) is 77.6 Å². The number of hydrogen-bond acceptors (Lipinski definition) is 1. The van der Waals surface area contributed by atoms with E-state index in [9.17, 15) is 0 Å². The monoisotopic (exact) mass is 611 g/mol. The van der Waals surface area contributed by atoms with Crippen LogP contribution in [0.3, 0.4) is 0 Å². The quantitative estimate of drug-likeness (QED) is 0.192. The second-order valence-electron chi connectivity index (χ2n) is 15.7. The molecule has 1 nitrogen and oxygen atoms in total. The van der Waals surface area contributed by atoms with Gasteiger partial charge in [0.15, 0.2) is 0 Å². The molecule has 0 spiro atoms. The van der Waals surface area contributed by atoms with Gasteiger partial charge in [0.25, 0.3) is 0 Å². The van der Waals surface area contributed by atoms with Crippen LogP contribution in [0.1, 0.15) is 82.2 Å². The summed E-state index contributed by atoms with van der Waals surface area (Å²) in [5.74, 6) is 0. The number of rotatable bonds is 4. The summed E-state index contributed by atoms with van der Waals surface area (Å²) in [4.78, 5) is 2.52. The Morgan fingerprint density at radius 3 is 1.87 bits per heavy atom. The van der Waals surface area contributed by atoms with E-state index in [0.717, 1.165) is 5.69 Å². The first kappa shape index (κ1) is 29.8. The van der Waals surface area contributed by atoms with Crippen molar-refractivity contribution < 1.29 is 0 Å². The first-order valence-corrected chi connectivity index (χ1v) is 17.2. The van der Waals surface area contributed by atoms with Crippen LogP contribution in [-0.2, 0) is 16.2 Å². The highest BCUT2D eigenvalue weighted by molar-refractivity contribution is 6.02. The second-order valence-corrected chi connectivity index (χ2v) is 15.7. The average molecular weight is 612 g/mol. The molecule has 234 valence electrons. The van der Waals surface area contributed by atoms with Crippen LogP contribution in [0.5, 0.6) is 0 Å². The molecule has 0 saturated carbocycles. The molecule has 0 aromatic heterocycles. The van der Waals surface area contributed by atoms with Gasteiger partial charge in [-0.25, -0.2) is 0 Å². The molecule has 47 heavy (non-hydrogen) atoms. The highest BCUT2D eigenvalue weighted by Gasteiger charge is 2.40. The minimum absolute atomic E-state index is 0.114. The fourth-order valence-corrected chi connectivity index (χ4v) is 8.54. The van der Waals surface area contributed by atoms with Crippen molar-refractivity contribution in [1.82, 2.24) is 0 Å². The lowest BCUT2D eigenvalue weighted by molar-refractivity contribution is 0.332. The Kier molecular flexibility index (Phi) is 6.61. The Balaban J connectivity index is 1.49. The minimum Gasteiger partial charge on any atom is -0.309 e. The van der Waals surface area contributed by atoms with Crippen molar-refractivity contribution in [3.05, 3.63) is 149 Å². The summed E-state index contributed by atoms with van der Waals surface area (Å²) in [7, 11) is 0. The zero-order valence-corrected chi connectivity index (χ0v) is 28.9. The molecule has 0 bridgehead atoms. The number of fused-ring (bicyclic) bond motifs is 5. The molecule has 0 atom stereocenters. The van der Waals surface area contributed by atoms with E-state index in [0.29, 0.717) is 0 Å². The molecule has 0 saturated heterocycles. The number of para-hydroxylation sites is 1. The summed E-state index contributed by atoms with van der Waals surface area (Å²) < 4.78 is 0. The molecule has 8 rings (SSSR count). The normalized spacial score (nSPS) is 16.7. The maximum atomic E-state index is 2.56. The van der Waals surface area contributed by atoms with Gasteiger partial charge in [-0.05, 0) is 117 Å². The number of benzene rings is 6. The molecule has 0 aliphatic heterocycles. The van der Waals surface area contributed by atoms with Crippen molar-refractivity contribution in [3.63, 3.8) is 0 Å². The smallest absolute Gasteiger partial charge is 0.0543 e. The Bertz CT molecular complexity index is 2170. The van der Waals surface area contributed by atoms with Crippen molar-refractivity contribution >= 4 is 27.8 Å². The van der Waals surface area contributed by atoms with Crippen molar-refractivity contribution in [1.29, 1.82) is 0 Å². The average Bonchev–Trinajstić information content (AvgIpc) is 3.29. The van der Waals surface area contributed by atoms with Gasteiger partial charge < -0.3 is 4.90 Å². The Labute approximate surface area is 280 Å². The van der Waals surface area contributed by atoms with Gasteiger partial charge in [0.05, 0.1) is 11.4 Å².